The SMILES string of the molecule is COc1ccc(C(=O)NCCc2ccccc2)cc1S(=O)(=O)NC(C)(C)C. The number of benzene rings is 2. The molecular formula is C20H26N2O4S. The molecule has 0 aliphatic rings. The molecule has 146 valence electrons. The summed E-state index contributed by atoms with van der Waals surface area (Å²) in [7, 11) is -2.44. The normalized spacial score (nSPS) is 11.9. The number of sulfonamides is 1. The average molecular weight is 391 g/mol. The van der Waals surface area contributed by atoms with Gasteiger partial charge in [-0.05, 0) is 51.0 Å². The fourth-order valence-corrected chi connectivity index (χ4v) is 4.17. The minimum Gasteiger partial charge on any atom is -0.495 e. The molecule has 0 fully saturated rings. The molecule has 27 heavy (non-hydrogen) atoms. The zero-order chi connectivity index (χ0) is 20.1. The predicted molar refractivity (Wildman–Crippen MR) is 106 cm³/mol. The van der Waals surface area contributed by atoms with Crippen molar-refractivity contribution in [2.45, 2.75) is 37.6 Å². The highest BCUT2D eigenvalue weighted by Crippen LogP contribution is 2.26. The molecule has 0 heterocycles. The van der Waals surface area contributed by atoms with Gasteiger partial charge in [0.05, 0.1) is 7.11 Å². The lowest BCUT2D eigenvalue weighted by Gasteiger charge is -2.21. The van der Waals surface area contributed by atoms with Gasteiger partial charge in [0.1, 0.15) is 10.6 Å². The first-order valence-electron chi connectivity index (χ1n) is 8.66. The van der Waals surface area contributed by atoms with E-state index in [1.807, 2.05) is 30.3 Å². The van der Waals surface area contributed by atoms with E-state index in [2.05, 4.69) is 10.0 Å². The van der Waals surface area contributed by atoms with E-state index in [4.69, 9.17) is 4.74 Å². The molecule has 0 spiro atoms. The molecule has 2 rings (SSSR count). The molecule has 7 heteroatoms. The Balaban J connectivity index is 2.17. The molecule has 2 N–H and O–H groups in total. The van der Waals surface area contributed by atoms with Gasteiger partial charge in [0.2, 0.25) is 10.0 Å². The molecule has 0 atom stereocenters. The van der Waals surface area contributed by atoms with Crippen molar-refractivity contribution >= 4 is 15.9 Å². The number of hydrogen-bond donors (Lipinski definition) is 2. The number of ether oxygens (including phenoxy) is 1. The summed E-state index contributed by atoms with van der Waals surface area (Å²) in [4.78, 5) is 12.4. The molecule has 2 aromatic carbocycles. The van der Waals surface area contributed by atoms with Crippen LogP contribution in [0.5, 0.6) is 5.75 Å². The van der Waals surface area contributed by atoms with Crippen LogP contribution in [0.15, 0.2) is 53.4 Å². The summed E-state index contributed by atoms with van der Waals surface area (Å²) in [6, 6.07) is 14.2. The summed E-state index contributed by atoms with van der Waals surface area (Å²) in [5, 5.41) is 2.82. The van der Waals surface area contributed by atoms with Gasteiger partial charge in [-0.15, -0.1) is 0 Å². The van der Waals surface area contributed by atoms with E-state index in [1.165, 1.54) is 19.2 Å². The Morgan fingerprint density at radius 3 is 2.33 bits per heavy atom. The van der Waals surface area contributed by atoms with Crippen molar-refractivity contribution in [2.75, 3.05) is 13.7 Å². The molecule has 0 saturated heterocycles. The predicted octanol–water partition coefficient (Wildman–Crippen LogP) is 2.74. The van der Waals surface area contributed by atoms with E-state index in [0.717, 1.165) is 5.56 Å². The first-order valence-corrected chi connectivity index (χ1v) is 10.1. The molecule has 2 aromatic rings. The number of nitrogens with one attached hydrogen (secondary N) is 2. The number of methoxy groups -OCH3 is 1. The smallest absolute Gasteiger partial charge is 0.251 e. The van der Waals surface area contributed by atoms with Gasteiger partial charge in [-0.25, -0.2) is 13.1 Å². The van der Waals surface area contributed by atoms with E-state index in [9.17, 15) is 13.2 Å². The zero-order valence-electron chi connectivity index (χ0n) is 16.1. The Morgan fingerprint density at radius 1 is 1.07 bits per heavy atom. The first kappa shape index (κ1) is 20.9. The molecule has 0 aliphatic heterocycles. The van der Waals surface area contributed by atoms with E-state index < -0.39 is 15.6 Å². The van der Waals surface area contributed by atoms with Crippen LogP contribution in [-0.4, -0.2) is 33.5 Å². The standard InChI is InChI=1S/C20H26N2O4S/c1-20(2,3)22-27(24,25)18-14-16(10-11-17(18)26-4)19(23)21-13-12-15-8-6-5-7-9-15/h5-11,14,22H,12-13H2,1-4H3,(H,21,23). The monoisotopic (exact) mass is 390 g/mol. The second-order valence-corrected chi connectivity index (χ2v) is 8.86. The number of rotatable bonds is 7. The van der Waals surface area contributed by atoms with Crippen molar-refractivity contribution in [3.63, 3.8) is 0 Å². The third-order valence-corrected chi connectivity index (χ3v) is 5.48. The lowest BCUT2D eigenvalue weighted by Crippen LogP contribution is -2.40. The minimum atomic E-state index is -3.84. The van der Waals surface area contributed by atoms with Gasteiger partial charge in [0.15, 0.2) is 0 Å². The fourth-order valence-electron chi connectivity index (χ4n) is 2.55. The van der Waals surface area contributed by atoms with Crippen LogP contribution < -0.4 is 14.8 Å². The second kappa shape index (κ2) is 8.54. The Morgan fingerprint density at radius 2 is 1.74 bits per heavy atom. The van der Waals surface area contributed by atoms with E-state index in [-0.39, 0.29) is 22.1 Å². The Labute approximate surface area is 161 Å². The van der Waals surface area contributed by atoms with E-state index >= 15 is 0 Å². The summed E-state index contributed by atoms with van der Waals surface area (Å²) in [5.74, 6) is -0.145. The molecule has 0 bridgehead atoms. The zero-order valence-corrected chi connectivity index (χ0v) is 16.9. The summed E-state index contributed by atoms with van der Waals surface area (Å²) >= 11 is 0. The van der Waals surface area contributed by atoms with Crippen molar-refractivity contribution in [3.05, 3.63) is 59.7 Å². The van der Waals surface area contributed by atoms with Crippen LogP contribution in [0.2, 0.25) is 0 Å². The Hall–Kier alpha value is -2.38. The highest BCUT2D eigenvalue weighted by molar-refractivity contribution is 7.89. The van der Waals surface area contributed by atoms with Crippen LogP contribution in [0.1, 0.15) is 36.7 Å². The third kappa shape index (κ3) is 6.08. The van der Waals surface area contributed by atoms with Gasteiger partial charge in [-0.3, -0.25) is 4.79 Å². The maximum Gasteiger partial charge on any atom is 0.251 e. The van der Waals surface area contributed by atoms with Crippen LogP contribution in [0.25, 0.3) is 0 Å². The molecule has 0 saturated carbocycles. The maximum absolute atomic E-state index is 12.7. The van der Waals surface area contributed by atoms with E-state index in [1.54, 1.807) is 26.8 Å². The summed E-state index contributed by atoms with van der Waals surface area (Å²) < 4.78 is 33.1. The van der Waals surface area contributed by atoms with Crippen molar-refractivity contribution in [1.82, 2.24) is 10.0 Å². The number of amides is 1. The van der Waals surface area contributed by atoms with Crippen LogP contribution >= 0.6 is 0 Å². The van der Waals surface area contributed by atoms with Gasteiger partial charge >= 0.3 is 0 Å². The molecule has 6 nitrogen and oxygen atoms in total. The van der Waals surface area contributed by atoms with Crippen LogP contribution in [0, 0.1) is 0 Å². The molecule has 0 aromatic heterocycles. The first-order chi connectivity index (χ1) is 12.6. The Bertz CT molecular complexity index is 888. The highest BCUT2D eigenvalue weighted by atomic mass is 32.2. The summed E-state index contributed by atoms with van der Waals surface area (Å²) in [6.45, 7) is 5.70. The van der Waals surface area contributed by atoms with Gasteiger partial charge in [0, 0.05) is 17.6 Å². The van der Waals surface area contributed by atoms with Gasteiger partial charge < -0.3 is 10.1 Å². The summed E-state index contributed by atoms with van der Waals surface area (Å²) in [6.07, 6.45) is 0.694. The van der Waals surface area contributed by atoms with Crippen molar-refractivity contribution < 1.29 is 17.9 Å². The van der Waals surface area contributed by atoms with E-state index in [0.29, 0.717) is 13.0 Å². The molecule has 0 radical (unpaired) electrons. The molecule has 1 amide bonds. The average Bonchev–Trinajstić information content (AvgIpc) is 2.60. The van der Waals surface area contributed by atoms with Crippen molar-refractivity contribution in [1.29, 1.82) is 0 Å². The fraction of sp³-hybridized carbons (Fsp3) is 0.350. The number of carbonyl (C=O) groups is 1. The molecular weight excluding hydrogens is 364 g/mol. The van der Waals surface area contributed by atoms with Crippen molar-refractivity contribution in [2.24, 2.45) is 0 Å². The Kier molecular flexibility index (Phi) is 6.62. The van der Waals surface area contributed by atoms with Gasteiger partial charge in [-0.2, -0.15) is 0 Å². The van der Waals surface area contributed by atoms with Crippen LogP contribution in [0.3, 0.4) is 0 Å². The molecule has 0 aliphatic carbocycles. The molecule has 0 unspecified atom stereocenters. The minimum absolute atomic E-state index is 0.0596. The second-order valence-electron chi connectivity index (χ2n) is 7.21. The van der Waals surface area contributed by atoms with Gasteiger partial charge in [0.25, 0.3) is 5.91 Å². The maximum atomic E-state index is 12.7. The lowest BCUT2D eigenvalue weighted by atomic mass is 10.1. The summed E-state index contributed by atoms with van der Waals surface area (Å²) in [5.41, 5.74) is 0.723. The number of hydrogen-bond acceptors (Lipinski definition) is 4. The largest absolute Gasteiger partial charge is 0.495 e. The van der Waals surface area contributed by atoms with Crippen molar-refractivity contribution in [3.8, 4) is 5.75 Å². The third-order valence-electron chi connectivity index (χ3n) is 3.70. The van der Waals surface area contributed by atoms with Crippen LogP contribution in [0.4, 0.5) is 0 Å². The van der Waals surface area contributed by atoms with Crippen LogP contribution in [-0.2, 0) is 16.4 Å². The lowest BCUT2D eigenvalue weighted by molar-refractivity contribution is 0.0954. The quantitative estimate of drug-likeness (QED) is 0.761. The highest BCUT2D eigenvalue weighted by Gasteiger charge is 2.26. The van der Waals surface area contributed by atoms with Gasteiger partial charge in [-0.1, -0.05) is 30.3 Å². The topological polar surface area (TPSA) is 84.5 Å². The number of carbonyl (C=O) groups excluding carboxylic acids is 1.